The Kier molecular flexibility index (Phi) is 4.81. The molecule has 0 N–H and O–H groups in total. The van der Waals surface area contributed by atoms with E-state index < -0.39 is 0 Å². The fourth-order valence-corrected chi connectivity index (χ4v) is 4.21. The van der Waals surface area contributed by atoms with Crippen LogP contribution in [0.2, 0.25) is 5.02 Å². The standard InChI is InChI=1S/C21H19Cl.Zr/c1-13(2)20-17(14-7-3-4-8-14)12-18-16-10-6-5-9-15(16)11-19(18)21(20)22;/h3-7,9-10,12-13H,8,11H2,1-2H3;/q;+2. The molecule has 0 nitrogen and oxygen atoms in total. The van der Waals surface area contributed by atoms with E-state index in [1.54, 1.807) is 0 Å². The molecule has 2 aromatic rings. The van der Waals surface area contributed by atoms with E-state index in [-0.39, 0.29) is 26.2 Å². The van der Waals surface area contributed by atoms with Crippen LogP contribution in [0.25, 0.3) is 16.7 Å². The summed E-state index contributed by atoms with van der Waals surface area (Å²) in [5.41, 5.74) is 9.41. The van der Waals surface area contributed by atoms with Crippen LogP contribution in [0.4, 0.5) is 0 Å². The van der Waals surface area contributed by atoms with Crippen LogP contribution in [0.3, 0.4) is 0 Å². The number of halogens is 1. The van der Waals surface area contributed by atoms with Crippen molar-refractivity contribution < 1.29 is 26.2 Å². The van der Waals surface area contributed by atoms with E-state index in [2.05, 4.69) is 62.4 Å². The van der Waals surface area contributed by atoms with E-state index >= 15 is 0 Å². The molecule has 112 valence electrons. The SMILES string of the molecule is CC(C)c1c(C2=CC=CC2)cc2c(c1Cl)Cc1ccccc1-2.[Zr+2]. The third-order valence-electron chi connectivity index (χ3n) is 4.77. The summed E-state index contributed by atoms with van der Waals surface area (Å²) >= 11 is 6.88. The van der Waals surface area contributed by atoms with E-state index in [9.17, 15) is 0 Å². The molecule has 0 bridgehead atoms. The van der Waals surface area contributed by atoms with Gasteiger partial charge in [0.2, 0.25) is 0 Å². The fourth-order valence-electron chi connectivity index (χ4n) is 3.73. The molecule has 2 aliphatic rings. The Morgan fingerprint density at radius 3 is 2.52 bits per heavy atom. The first-order valence-corrected chi connectivity index (χ1v) is 8.34. The van der Waals surface area contributed by atoms with Gasteiger partial charge >= 0.3 is 26.2 Å². The number of benzene rings is 2. The quantitative estimate of drug-likeness (QED) is 0.470. The Morgan fingerprint density at radius 2 is 1.83 bits per heavy atom. The number of hydrogen-bond donors (Lipinski definition) is 0. The molecule has 0 aromatic heterocycles. The van der Waals surface area contributed by atoms with Gasteiger partial charge in [0, 0.05) is 11.4 Å². The number of allylic oxidation sites excluding steroid dienone is 4. The second-order valence-corrected chi connectivity index (χ2v) is 6.87. The Morgan fingerprint density at radius 1 is 1.04 bits per heavy atom. The summed E-state index contributed by atoms with van der Waals surface area (Å²) in [4.78, 5) is 0. The molecule has 2 aliphatic carbocycles. The minimum absolute atomic E-state index is 0. The predicted octanol–water partition coefficient (Wildman–Crippen LogP) is 6.38. The van der Waals surface area contributed by atoms with Crippen molar-refractivity contribution in [3.8, 4) is 11.1 Å². The second kappa shape index (κ2) is 6.54. The largest absolute Gasteiger partial charge is 2.00 e. The first-order valence-electron chi connectivity index (χ1n) is 7.96. The smallest absolute Gasteiger partial charge is 0.0837 e. The monoisotopic (exact) mass is 396 g/mol. The van der Waals surface area contributed by atoms with Crippen LogP contribution in [-0.4, -0.2) is 0 Å². The minimum Gasteiger partial charge on any atom is -0.0837 e. The van der Waals surface area contributed by atoms with E-state index in [1.165, 1.54) is 39.0 Å². The maximum Gasteiger partial charge on any atom is 2.00 e. The average Bonchev–Trinajstić information content (AvgIpc) is 3.14. The van der Waals surface area contributed by atoms with Crippen molar-refractivity contribution in [2.24, 2.45) is 0 Å². The summed E-state index contributed by atoms with van der Waals surface area (Å²) in [6.07, 6.45) is 8.56. The van der Waals surface area contributed by atoms with Crippen LogP contribution in [0.1, 0.15) is 48.4 Å². The molecule has 0 heterocycles. The molecule has 2 aromatic carbocycles. The zero-order valence-electron chi connectivity index (χ0n) is 13.5. The van der Waals surface area contributed by atoms with Gasteiger partial charge in [-0.05, 0) is 57.4 Å². The van der Waals surface area contributed by atoms with Crippen molar-refractivity contribution in [1.82, 2.24) is 0 Å². The van der Waals surface area contributed by atoms with E-state index in [0.29, 0.717) is 5.92 Å². The summed E-state index contributed by atoms with van der Waals surface area (Å²) in [5, 5.41) is 0.978. The molecule has 0 saturated carbocycles. The zero-order valence-corrected chi connectivity index (χ0v) is 16.7. The van der Waals surface area contributed by atoms with Gasteiger partial charge in [0.15, 0.2) is 0 Å². The zero-order chi connectivity index (χ0) is 15.3. The average molecular weight is 398 g/mol. The Balaban J connectivity index is 0.00000156. The first kappa shape index (κ1) is 16.9. The summed E-state index contributed by atoms with van der Waals surface area (Å²) in [5.74, 6) is 0.429. The van der Waals surface area contributed by atoms with E-state index in [1.807, 2.05) is 0 Å². The van der Waals surface area contributed by atoms with Crippen molar-refractivity contribution in [1.29, 1.82) is 0 Å². The third-order valence-corrected chi connectivity index (χ3v) is 5.21. The molecule has 4 rings (SSSR count). The van der Waals surface area contributed by atoms with Gasteiger partial charge in [0.25, 0.3) is 0 Å². The van der Waals surface area contributed by atoms with Gasteiger partial charge in [-0.3, -0.25) is 0 Å². The van der Waals surface area contributed by atoms with Crippen molar-refractivity contribution >= 4 is 17.2 Å². The van der Waals surface area contributed by atoms with Crippen molar-refractivity contribution in [2.75, 3.05) is 0 Å². The van der Waals surface area contributed by atoms with E-state index in [0.717, 1.165) is 17.9 Å². The Labute approximate surface area is 162 Å². The maximum absolute atomic E-state index is 6.88. The van der Waals surface area contributed by atoms with Crippen LogP contribution in [0, 0.1) is 0 Å². The molecule has 0 amide bonds. The Bertz CT molecular complexity index is 828. The van der Waals surface area contributed by atoms with Crippen LogP contribution >= 0.6 is 11.6 Å². The van der Waals surface area contributed by atoms with Gasteiger partial charge in [0.1, 0.15) is 0 Å². The van der Waals surface area contributed by atoms with Gasteiger partial charge in [-0.1, -0.05) is 67.9 Å². The Hall–Kier alpha value is -0.907. The predicted molar refractivity (Wildman–Crippen MR) is 95.5 cm³/mol. The van der Waals surface area contributed by atoms with Gasteiger partial charge in [0.05, 0.1) is 0 Å². The number of fused-ring (bicyclic) bond motifs is 3. The molecular formula is C21H19ClZr+2. The maximum atomic E-state index is 6.88. The molecule has 0 aliphatic heterocycles. The van der Waals surface area contributed by atoms with Crippen LogP contribution in [-0.2, 0) is 32.6 Å². The van der Waals surface area contributed by atoms with Crippen molar-refractivity contribution in [3.63, 3.8) is 0 Å². The van der Waals surface area contributed by atoms with Gasteiger partial charge in [-0.25, -0.2) is 0 Å². The van der Waals surface area contributed by atoms with Crippen molar-refractivity contribution in [2.45, 2.75) is 32.6 Å². The molecule has 23 heavy (non-hydrogen) atoms. The van der Waals surface area contributed by atoms with Crippen LogP contribution < -0.4 is 0 Å². The second-order valence-electron chi connectivity index (χ2n) is 6.49. The molecule has 0 spiro atoms. The summed E-state index contributed by atoms with van der Waals surface area (Å²) in [6, 6.07) is 11.1. The number of rotatable bonds is 2. The van der Waals surface area contributed by atoms with Crippen molar-refractivity contribution in [3.05, 3.63) is 75.8 Å². The first-order chi connectivity index (χ1) is 10.7. The van der Waals surface area contributed by atoms with E-state index in [4.69, 9.17) is 11.6 Å². The molecular weight excluding hydrogens is 379 g/mol. The van der Waals surface area contributed by atoms with Gasteiger partial charge in [-0.15, -0.1) is 0 Å². The molecule has 0 saturated heterocycles. The minimum atomic E-state index is 0. The molecule has 0 unspecified atom stereocenters. The van der Waals surface area contributed by atoms with Crippen LogP contribution in [0.15, 0.2) is 48.6 Å². The molecule has 0 radical (unpaired) electrons. The normalized spacial score (nSPS) is 14.5. The van der Waals surface area contributed by atoms with Gasteiger partial charge < -0.3 is 0 Å². The summed E-state index contributed by atoms with van der Waals surface area (Å²) in [6.45, 7) is 4.48. The molecule has 0 fully saturated rings. The third kappa shape index (κ3) is 2.73. The fraction of sp³-hybridized carbons (Fsp3) is 0.238. The summed E-state index contributed by atoms with van der Waals surface area (Å²) in [7, 11) is 0. The topological polar surface area (TPSA) is 0 Å². The summed E-state index contributed by atoms with van der Waals surface area (Å²) < 4.78 is 0. The van der Waals surface area contributed by atoms with Gasteiger partial charge in [-0.2, -0.15) is 0 Å². The molecule has 0 atom stereocenters. The molecule has 2 heteroatoms. The van der Waals surface area contributed by atoms with Crippen LogP contribution in [0.5, 0.6) is 0 Å². The number of hydrogen-bond acceptors (Lipinski definition) is 0.